The number of hydrogen-bond acceptors (Lipinski definition) is 5. The van der Waals surface area contributed by atoms with Crippen LogP contribution in [-0.4, -0.2) is 33.8 Å². The van der Waals surface area contributed by atoms with Gasteiger partial charge < -0.3 is 25.6 Å². The minimum absolute atomic E-state index is 0.0499. The fourth-order valence-corrected chi connectivity index (χ4v) is 2.22. The molecule has 2 aromatic carbocycles. The molecule has 0 aromatic heterocycles. The van der Waals surface area contributed by atoms with Crippen molar-refractivity contribution in [2.45, 2.75) is 25.5 Å². The minimum Gasteiger partial charge on any atom is -0.489 e. The van der Waals surface area contributed by atoms with Crippen LogP contribution in [0.5, 0.6) is 5.75 Å². The summed E-state index contributed by atoms with van der Waals surface area (Å²) in [5.41, 5.74) is 6.14. The van der Waals surface area contributed by atoms with Gasteiger partial charge in [-0.05, 0) is 29.6 Å². The number of carboxylic acids is 1. The van der Waals surface area contributed by atoms with Gasteiger partial charge in [-0.3, -0.25) is 4.79 Å². The molecule has 0 aliphatic heterocycles. The minimum atomic E-state index is -1.64. The standard InChI is InChI=1S/C17H20BNO5/c1-17(19,16(20)21)10-13-7-8-14(18(22)23)9-15(13)24-11-12-5-3-2-4-6-12/h2-9,22-23H,10-11,19H2,1H3,(H,20,21). The Balaban J connectivity index is 2.27. The first-order valence-corrected chi connectivity index (χ1v) is 7.47. The van der Waals surface area contributed by atoms with E-state index in [0.717, 1.165) is 5.56 Å². The summed E-state index contributed by atoms with van der Waals surface area (Å²) < 4.78 is 5.77. The van der Waals surface area contributed by atoms with E-state index in [1.165, 1.54) is 19.1 Å². The van der Waals surface area contributed by atoms with Crippen molar-refractivity contribution in [3.8, 4) is 5.75 Å². The quantitative estimate of drug-likeness (QED) is 0.543. The van der Waals surface area contributed by atoms with Crippen LogP contribution in [0.2, 0.25) is 0 Å². The van der Waals surface area contributed by atoms with Gasteiger partial charge >= 0.3 is 13.1 Å². The monoisotopic (exact) mass is 329 g/mol. The van der Waals surface area contributed by atoms with Crippen LogP contribution in [0, 0.1) is 0 Å². The molecule has 0 aliphatic rings. The molecule has 0 amide bonds. The van der Waals surface area contributed by atoms with E-state index in [0.29, 0.717) is 11.3 Å². The van der Waals surface area contributed by atoms with Gasteiger partial charge in [0.05, 0.1) is 0 Å². The third kappa shape index (κ3) is 4.58. The molecule has 0 aliphatic carbocycles. The fourth-order valence-electron chi connectivity index (χ4n) is 2.22. The summed E-state index contributed by atoms with van der Waals surface area (Å²) in [6.45, 7) is 1.69. The first kappa shape index (κ1) is 18.0. The van der Waals surface area contributed by atoms with Crippen molar-refractivity contribution < 1.29 is 24.7 Å². The Hall–Kier alpha value is -2.35. The van der Waals surface area contributed by atoms with Crippen LogP contribution in [0.15, 0.2) is 48.5 Å². The summed E-state index contributed by atoms with van der Waals surface area (Å²) in [4.78, 5) is 11.2. The maximum atomic E-state index is 11.2. The Morgan fingerprint density at radius 3 is 2.46 bits per heavy atom. The Labute approximate surface area is 140 Å². The van der Waals surface area contributed by atoms with Crippen molar-refractivity contribution >= 4 is 18.6 Å². The molecule has 1 unspecified atom stereocenters. The molecule has 126 valence electrons. The molecule has 7 heteroatoms. The number of benzene rings is 2. The van der Waals surface area contributed by atoms with Gasteiger partial charge in [-0.1, -0.05) is 42.5 Å². The summed E-state index contributed by atoms with van der Waals surface area (Å²) in [7, 11) is -1.64. The number of carbonyl (C=O) groups is 1. The molecule has 0 spiro atoms. The van der Waals surface area contributed by atoms with Crippen LogP contribution < -0.4 is 15.9 Å². The average molecular weight is 329 g/mol. The van der Waals surface area contributed by atoms with Crippen molar-refractivity contribution in [1.29, 1.82) is 0 Å². The van der Waals surface area contributed by atoms with E-state index in [-0.39, 0.29) is 18.5 Å². The van der Waals surface area contributed by atoms with Gasteiger partial charge in [0.1, 0.15) is 17.9 Å². The highest BCUT2D eigenvalue weighted by Crippen LogP contribution is 2.23. The zero-order valence-corrected chi connectivity index (χ0v) is 13.3. The molecule has 5 N–H and O–H groups in total. The van der Waals surface area contributed by atoms with E-state index in [1.54, 1.807) is 6.07 Å². The molecule has 0 saturated carbocycles. The van der Waals surface area contributed by atoms with Crippen LogP contribution in [0.1, 0.15) is 18.1 Å². The van der Waals surface area contributed by atoms with Crippen molar-refractivity contribution in [2.75, 3.05) is 0 Å². The summed E-state index contributed by atoms with van der Waals surface area (Å²) in [5, 5.41) is 27.9. The van der Waals surface area contributed by atoms with E-state index in [9.17, 15) is 19.9 Å². The van der Waals surface area contributed by atoms with Crippen LogP contribution in [0.4, 0.5) is 0 Å². The number of nitrogens with two attached hydrogens (primary N) is 1. The number of aliphatic carboxylic acids is 1. The molecule has 2 aromatic rings. The second-order valence-electron chi connectivity index (χ2n) is 5.91. The first-order chi connectivity index (χ1) is 11.3. The Morgan fingerprint density at radius 2 is 1.88 bits per heavy atom. The lowest BCUT2D eigenvalue weighted by molar-refractivity contribution is -0.142. The zero-order valence-electron chi connectivity index (χ0n) is 13.3. The van der Waals surface area contributed by atoms with E-state index in [1.807, 2.05) is 30.3 Å². The largest absolute Gasteiger partial charge is 0.489 e. The van der Waals surface area contributed by atoms with Gasteiger partial charge in [-0.15, -0.1) is 0 Å². The van der Waals surface area contributed by atoms with Crippen LogP contribution in [0.3, 0.4) is 0 Å². The molecular weight excluding hydrogens is 309 g/mol. The van der Waals surface area contributed by atoms with Crippen molar-refractivity contribution in [3.05, 3.63) is 59.7 Å². The third-order valence-corrected chi connectivity index (χ3v) is 3.67. The molecule has 0 radical (unpaired) electrons. The number of rotatable bonds is 7. The second-order valence-corrected chi connectivity index (χ2v) is 5.91. The molecule has 1 atom stereocenters. The molecule has 0 bridgehead atoms. The van der Waals surface area contributed by atoms with Gasteiger partial charge in [0, 0.05) is 6.42 Å². The van der Waals surface area contributed by atoms with Crippen LogP contribution in [0.25, 0.3) is 0 Å². The third-order valence-electron chi connectivity index (χ3n) is 3.67. The smallest absolute Gasteiger partial charge is 0.488 e. The molecule has 6 nitrogen and oxygen atoms in total. The van der Waals surface area contributed by atoms with Crippen molar-refractivity contribution in [2.24, 2.45) is 5.73 Å². The average Bonchev–Trinajstić information content (AvgIpc) is 2.54. The maximum Gasteiger partial charge on any atom is 0.488 e. The van der Waals surface area contributed by atoms with Crippen LogP contribution >= 0.6 is 0 Å². The topological polar surface area (TPSA) is 113 Å². The van der Waals surface area contributed by atoms with Gasteiger partial charge in [0.25, 0.3) is 0 Å². The van der Waals surface area contributed by atoms with Gasteiger partial charge in [-0.25, -0.2) is 0 Å². The summed E-state index contributed by atoms with van der Waals surface area (Å²) >= 11 is 0. The normalized spacial score (nSPS) is 13.2. The molecule has 0 saturated heterocycles. The second kappa shape index (κ2) is 7.48. The SMILES string of the molecule is CC(N)(Cc1ccc(B(O)O)cc1OCc1ccccc1)C(=O)O. The fraction of sp³-hybridized carbons (Fsp3) is 0.235. The number of carboxylic acid groups (broad SMARTS) is 1. The van der Waals surface area contributed by atoms with E-state index < -0.39 is 18.6 Å². The molecule has 0 heterocycles. The highest BCUT2D eigenvalue weighted by Gasteiger charge is 2.29. The van der Waals surface area contributed by atoms with Gasteiger partial charge in [0.15, 0.2) is 0 Å². The molecule has 0 fully saturated rings. The maximum absolute atomic E-state index is 11.2. The van der Waals surface area contributed by atoms with Crippen molar-refractivity contribution in [1.82, 2.24) is 0 Å². The van der Waals surface area contributed by atoms with Gasteiger partial charge in [0.2, 0.25) is 0 Å². The molecule has 2 rings (SSSR count). The Kier molecular flexibility index (Phi) is 5.61. The lowest BCUT2D eigenvalue weighted by Gasteiger charge is -2.21. The molecular formula is C17H20BNO5. The predicted molar refractivity (Wildman–Crippen MR) is 91.0 cm³/mol. The lowest BCUT2D eigenvalue weighted by atomic mass is 9.79. The van der Waals surface area contributed by atoms with E-state index >= 15 is 0 Å². The van der Waals surface area contributed by atoms with Crippen molar-refractivity contribution in [3.63, 3.8) is 0 Å². The van der Waals surface area contributed by atoms with E-state index in [4.69, 9.17) is 10.5 Å². The molecule has 24 heavy (non-hydrogen) atoms. The van der Waals surface area contributed by atoms with Gasteiger partial charge in [-0.2, -0.15) is 0 Å². The van der Waals surface area contributed by atoms with E-state index in [2.05, 4.69) is 0 Å². The first-order valence-electron chi connectivity index (χ1n) is 7.47. The predicted octanol–water partition coefficient (Wildman–Crippen LogP) is 0.290. The number of hydrogen-bond donors (Lipinski definition) is 4. The Morgan fingerprint density at radius 1 is 1.21 bits per heavy atom. The van der Waals surface area contributed by atoms with Crippen LogP contribution in [-0.2, 0) is 17.8 Å². The summed E-state index contributed by atoms with van der Waals surface area (Å²) in [6, 6.07) is 14.1. The summed E-state index contributed by atoms with van der Waals surface area (Å²) in [5.74, 6) is -0.745. The highest BCUT2D eigenvalue weighted by molar-refractivity contribution is 6.58. The lowest BCUT2D eigenvalue weighted by Crippen LogP contribution is -2.47. The number of ether oxygens (including phenoxy) is 1. The Bertz CT molecular complexity index is 703. The highest BCUT2D eigenvalue weighted by atomic mass is 16.5. The zero-order chi connectivity index (χ0) is 17.7. The summed E-state index contributed by atoms with van der Waals surface area (Å²) in [6.07, 6.45) is 0.0499.